The van der Waals surface area contributed by atoms with Crippen LogP contribution in [0.25, 0.3) is 0 Å². The van der Waals surface area contributed by atoms with Gasteiger partial charge in [-0.2, -0.15) is 5.10 Å². The van der Waals surface area contributed by atoms with Crippen molar-refractivity contribution in [3.8, 4) is 46.0 Å². The molecule has 3 aromatic carbocycles. The molecule has 0 radical (unpaired) electrons. The minimum Gasteiger partial charge on any atom is -0.493 e. The van der Waals surface area contributed by atoms with Gasteiger partial charge in [0.25, 0.3) is 5.91 Å². The van der Waals surface area contributed by atoms with Crippen molar-refractivity contribution in [1.82, 2.24) is 5.43 Å². The smallest absolute Gasteiger partial charge is 0.343 e. The average molecular weight is 555 g/mol. The van der Waals surface area contributed by atoms with Gasteiger partial charge >= 0.3 is 5.97 Å². The molecule has 212 valence electrons. The largest absolute Gasteiger partial charge is 0.493 e. The summed E-state index contributed by atoms with van der Waals surface area (Å²) < 4.78 is 42.6. The highest BCUT2D eigenvalue weighted by atomic mass is 16.6. The molecule has 0 aliphatic heterocycles. The zero-order chi connectivity index (χ0) is 29.2. The van der Waals surface area contributed by atoms with E-state index in [0.717, 1.165) is 0 Å². The molecule has 0 saturated carbocycles. The number of ether oxygens (including phenoxy) is 8. The van der Waals surface area contributed by atoms with Gasteiger partial charge in [-0.1, -0.05) is 0 Å². The number of amides is 1. The van der Waals surface area contributed by atoms with E-state index < -0.39 is 11.9 Å². The average Bonchev–Trinajstić information content (AvgIpc) is 2.99. The van der Waals surface area contributed by atoms with Crippen LogP contribution in [-0.2, 0) is 0 Å². The van der Waals surface area contributed by atoms with Crippen molar-refractivity contribution in [2.75, 3.05) is 49.8 Å². The fourth-order valence-electron chi connectivity index (χ4n) is 3.65. The number of hydrazone groups is 1. The Morgan fingerprint density at radius 1 is 0.600 bits per heavy atom. The Balaban J connectivity index is 1.76. The van der Waals surface area contributed by atoms with Crippen LogP contribution in [0.4, 0.5) is 0 Å². The van der Waals surface area contributed by atoms with Gasteiger partial charge in [-0.15, -0.1) is 0 Å². The number of rotatable bonds is 12. The van der Waals surface area contributed by atoms with Gasteiger partial charge in [-0.05, 0) is 48.0 Å². The summed E-state index contributed by atoms with van der Waals surface area (Å²) in [6, 6.07) is 10.7. The van der Waals surface area contributed by atoms with Gasteiger partial charge in [0, 0.05) is 5.56 Å². The van der Waals surface area contributed by atoms with Crippen molar-refractivity contribution in [3.05, 3.63) is 59.2 Å². The number of benzene rings is 3. The number of esters is 1. The number of hydrogen-bond donors (Lipinski definition) is 1. The molecule has 1 N–H and O–H groups in total. The van der Waals surface area contributed by atoms with Gasteiger partial charge in [0.2, 0.25) is 11.5 Å². The highest BCUT2D eigenvalue weighted by Crippen LogP contribution is 2.39. The number of nitrogens with zero attached hydrogens (tertiary/aromatic N) is 1. The maximum absolute atomic E-state index is 12.9. The normalized spacial score (nSPS) is 10.5. The monoisotopic (exact) mass is 554 g/mol. The fraction of sp³-hybridized carbons (Fsp3) is 0.250. The molecule has 0 aromatic heterocycles. The predicted molar refractivity (Wildman–Crippen MR) is 145 cm³/mol. The van der Waals surface area contributed by atoms with Crippen LogP contribution in [0.2, 0.25) is 0 Å². The summed E-state index contributed by atoms with van der Waals surface area (Å²) in [5.41, 5.74) is 3.43. The lowest BCUT2D eigenvalue weighted by molar-refractivity contribution is 0.0728. The zero-order valence-corrected chi connectivity index (χ0v) is 23.1. The maximum Gasteiger partial charge on any atom is 0.343 e. The van der Waals surface area contributed by atoms with Gasteiger partial charge in [0.15, 0.2) is 34.5 Å². The third kappa shape index (κ3) is 6.46. The molecule has 0 unspecified atom stereocenters. The summed E-state index contributed by atoms with van der Waals surface area (Å²) in [6.45, 7) is 0. The molecular formula is C28H30N2O10. The predicted octanol–water partition coefficient (Wildman–Crippen LogP) is 3.73. The van der Waals surface area contributed by atoms with E-state index in [1.54, 1.807) is 12.1 Å². The van der Waals surface area contributed by atoms with E-state index in [9.17, 15) is 9.59 Å². The van der Waals surface area contributed by atoms with E-state index in [1.807, 2.05) is 0 Å². The molecule has 3 rings (SSSR count). The van der Waals surface area contributed by atoms with E-state index >= 15 is 0 Å². The van der Waals surface area contributed by atoms with Crippen LogP contribution in [0, 0.1) is 0 Å². The molecule has 3 aromatic rings. The molecule has 40 heavy (non-hydrogen) atoms. The highest BCUT2D eigenvalue weighted by Gasteiger charge is 2.20. The summed E-state index contributed by atoms with van der Waals surface area (Å²) in [5.74, 6) is 1.25. The first-order chi connectivity index (χ1) is 19.3. The van der Waals surface area contributed by atoms with Crippen LogP contribution >= 0.6 is 0 Å². The van der Waals surface area contributed by atoms with Crippen LogP contribution < -0.4 is 43.3 Å². The van der Waals surface area contributed by atoms with Crippen LogP contribution in [0.15, 0.2) is 47.6 Å². The Labute approximate surface area is 231 Å². The Hall–Kier alpha value is -5.13. The van der Waals surface area contributed by atoms with Crippen LogP contribution in [0.5, 0.6) is 46.0 Å². The molecule has 12 nitrogen and oxygen atoms in total. The molecule has 0 saturated heterocycles. The van der Waals surface area contributed by atoms with Crippen molar-refractivity contribution in [1.29, 1.82) is 0 Å². The summed E-state index contributed by atoms with van der Waals surface area (Å²) in [6.07, 6.45) is 1.41. The van der Waals surface area contributed by atoms with E-state index in [-0.39, 0.29) is 22.6 Å². The molecule has 0 bridgehead atoms. The molecule has 0 aliphatic rings. The van der Waals surface area contributed by atoms with Gasteiger partial charge in [0.1, 0.15) is 0 Å². The molecule has 1 amide bonds. The maximum atomic E-state index is 12.9. The second kappa shape index (κ2) is 13.6. The SMILES string of the molecule is COc1cc(C=NNC(=O)c2cc(OC)c(OC)c(OC)c2)ccc1OC(=O)c1cc(OC)c(OC)c(OC)c1. The highest BCUT2D eigenvalue weighted by molar-refractivity contribution is 5.96. The van der Waals surface area contributed by atoms with Crippen LogP contribution in [-0.4, -0.2) is 67.9 Å². The minimum absolute atomic E-state index is 0.167. The van der Waals surface area contributed by atoms with E-state index in [0.29, 0.717) is 40.1 Å². The summed E-state index contributed by atoms with van der Waals surface area (Å²) >= 11 is 0. The molecule has 0 spiro atoms. The molecule has 0 atom stereocenters. The summed E-state index contributed by atoms with van der Waals surface area (Å²) in [7, 11) is 10.2. The van der Waals surface area contributed by atoms with E-state index in [4.69, 9.17) is 37.9 Å². The van der Waals surface area contributed by atoms with Crippen molar-refractivity contribution >= 4 is 18.1 Å². The quantitative estimate of drug-likeness (QED) is 0.153. The van der Waals surface area contributed by atoms with Crippen LogP contribution in [0.1, 0.15) is 26.3 Å². The third-order valence-corrected chi connectivity index (χ3v) is 5.60. The van der Waals surface area contributed by atoms with E-state index in [2.05, 4.69) is 10.5 Å². The summed E-state index contributed by atoms with van der Waals surface area (Å²) in [5, 5.41) is 4.00. The Morgan fingerprint density at radius 3 is 1.52 bits per heavy atom. The van der Waals surface area contributed by atoms with Crippen LogP contribution in [0.3, 0.4) is 0 Å². The number of hydrogen-bond acceptors (Lipinski definition) is 11. The van der Waals surface area contributed by atoms with Crippen molar-refractivity contribution in [3.63, 3.8) is 0 Å². The van der Waals surface area contributed by atoms with E-state index in [1.165, 1.54) is 86.3 Å². The molecule has 0 aliphatic carbocycles. The van der Waals surface area contributed by atoms with Crippen molar-refractivity contribution < 1.29 is 47.5 Å². The second-order valence-corrected chi connectivity index (χ2v) is 7.83. The molecule has 0 heterocycles. The number of nitrogens with one attached hydrogen (secondary N) is 1. The minimum atomic E-state index is -0.670. The Bertz CT molecular complexity index is 1350. The molecular weight excluding hydrogens is 524 g/mol. The second-order valence-electron chi connectivity index (χ2n) is 7.83. The third-order valence-electron chi connectivity index (χ3n) is 5.60. The summed E-state index contributed by atoms with van der Waals surface area (Å²) in [4.78, 5) is 25.5. The first-order valence-corrected chi connectivity index (χ1v) is 11.7. The number of carbonyl (C=O) groups excluding carboxylic acids is 2. The first-order valence-electron chi connectivity index (χ1n) is 11.7. The lowest BCUT2D eigenvalue weighted by Crippen LogP contribution is -2.18. The lowest BCUT2D eigenvalue weighted by atomic mass is 10.1. The van der Waals surface area contributed by atoms with Crippen molar-refractivity contribution in [2.45, 2.75) is 0 Å². The zero-order valence-electron chi connectivity index (χ0n) is 23.1. The lowest BCUT2D eigenvalue weighted by Gasteiger charge is -2.14. The molecule has 12 heteroatoms. The number of methoxy groups -OCH3 is 7. The topological polar surface area (TPSA) is 132 Å². The Morgan fingerprint density at radius 2 is 1.07 bits per heavy atom. The number of carbonyl (C=O) groups is 2. The van der Waals surface area contributed by atoms with Gasteiger partial charge in [0.05, 0.1) is 61.5 Å². The van der Waals surface area contributed by atoms with Gasteiger partial charge in [-0.3, -0.25) is 4.79 Å². The standard InChI is InChI=1S/C28H30N2O10/c1-33-20-10-16(15-29-30-27(31)17-11-21(34-2)25(38-6)22(12-17)35-3)8-9-19(20)40-28(32)18-13-23(36-4)26(39-7)24(14-18)37-5/h8-15H,1-7H3,(H,30,31). The Kier molecular flexibility index (Phi) is 10.0. The molecule has 0 fully saturated rings. The van der Waals surface area contributed by atoms with Crippen molar-refractivity contribution in [2.24, 2.45) is 5.10 Å². The van der Waals surface area contributed by atoms with Gasteiger partial charge < -0.3 is 37.9 Å². The fourth-order valence-corrected chi connectivity index (χ4v) is 3.65. The first kappa shape index (κ1) is 29.4. The van der Waals surface area contributed by atoms with Gasteiger partial charge in [-0.25, -0.2) is 10.2 Å².